The second-order valence-electron chi connectivity index (χ2n) is 4.37. The summed E-state index contributed by atoms with van der Waals surface area (Å²) in [6, 6.07) is 8.81. The number of benzene rings is 1. The van der Waals surface area contributed by atoms with Crippen LogP contribution in [0.1, 0.15) is 21.4 Å². The van der Waals surface area contributed by atoms with E-state index < -0.39 is 0 Å². The van der Waals surface area contributed by atoms with Crippen molar-refractivity contribution in [3.63, 3.8) is 0 Å². The van der Waals surface area contributed by atoms with E-state index in [9.17, 15) is 4.39 Å². The molecule has 5 heteroatoms. The fourth-order valence-corrected chi connectivity index (χ4v) is 4.97. The van der Waals surface area contributed by atoms with E-state index in [1.54, 1.807) is 34.8 Å². The first kappa shape index (κ1) is 13.2. The topological polar surface area (TPSA) is 26.0 Å². The Kier molecular flexibility index (Phi) is 3.47. The molecule has 0 aliphatic rings. The number of rotatable bonds is 2. The summed E-state index contributed by atoms with van der Waals surface area (Å²) in [6.07, 6.45) is 0. The van der Waals surface area contributed by atoms with E-state index in [1.165, 1.54) is 10.9 Å². The van der Waals surface area contributed by atoms with Gasteiger partial charge < -0.3 is 5.73 Å². The van der Waals surface area contributed by atoms with E-state index >= 15 is 0 Å². The molecule has 0 amide bonds. The highest BCUT2D eigenvalue weighted by Gasteiger charge is 2.16. The molecule has 2 aromatic heterocycles. The molecule has 3 aromatic rings. The Hall–Kier alpha value is -0.750. The smallest absolute Gasteiger partial charge is 0.124 e. The number of thiophene rings is 2. The molecule has 1 nitrogen and oxygen atoms in total. The third-order valence-corrected chi connectivity index (χ3v) is 5.82. The highest BCUT2D eigenvalue weighted by Crippen LogP contribution is 2.37. The largest absolute Gasteiger partial charge is 0.320 e. The van der Waals surface area contributed by atoms with Crippen LogP contribution in [0.3, 0.4) is 0 Å². The van der Waals surface area contributed by atoms with Crippen molar-refractivity contribution in [2.75, 3.05) is 0 Å². The molecule has 19 heavy (non-hydrogen) atoms. The van der Waals surface area contributed by atoms with E-state index in [-0.39, 0.29) is 11.9 Å². The number of hydrogen-bond acceptors (Lipinski definition) is 3. The van der Waals surface area contributed by atoms with Crippen LogP contribution in [0.25, 0.3) is 10.1 Å². The van der Waals surface area contributed by atoms with Crippen LogP contribution in [0.2, 0.25) is 0 Å². The number of nitrogens with two attached hydrogens (primary N) is 1. The quantitative estimate of drug-likeness (QED) is 0.669. The maximum atomic E-state index is 13.2. The second kappa shape index (κ2) is 4.98. The third kappa shape index (κ3) is 2.48. The van der Waals surface area contributed by atoms with Crippen LogP contribution >= 0.6 is 38.6 Å². The minimum atomic E-state index is -0.205. The molecular formula is C14H11BrFNS2. The van der Waals surface area contributed by atoms with Crippen molar-refractivity contribution < 1.29 is 4.39 Å². The maximum absolute atomic E-state index is 13.2. The Labute approximate surface area is 127 Å². The highest BCUT2D eigenvalue weighted by molar-refractivity contribution is 9.11. The zero-order valence-corrected chi connectivity index (χ0v) is 13.3. The lowest BCUT2D eigenvalue weighted by molar-refractivity contribution is 0.630. The molecule has 0 aliphatic carbocycles. The van der Waals surface area contributed by atoms with Crippen molar-refractivity contribution in [1.82, 2.24) is 0 Å². The van der Waals surface area contributed by atoms with Crippen molar-refractivity contribution in [3.05, 3.63) is 55.3 Å². The van der Waals surface area contributed by atoms with Crippen LogP contribution in [0.15, 0.2) is 34.1 Å². The predicted molar refractivity (Wildman–Crippen MR) is 84.6 cm³/mol. The van der Waals surface area contributed by atoms with Crippen molar-refractivity contribution in [2.24, 2.45) is 5.73 Å². The zero-order chi connectivity index (χ0) is 13.6. The normalized spacial score (nSPS) is 13.1. The van der Waals surface area contributed by atoms with Crippen LogP contribution in [-0.4, -0.2) is 0 Å². The lowest BCUT2D eigenvalue weighted by Crippen LogP contribution is -2.10. The van der Waals surface area contributed by atoms with E-state index in [1.807, 2.05) is 0 Å². The molecule has 2 heterocycles. The predicted octanol–water partition coefficient (Wildman–Crippen LogP) is 5.22. The Balaban J connectivity index is 2.06. The summed E-state index contributed by atoms with van der Waals surface area (Å²) >= 11 is 6.72. The number of hydrogen-bond donors (Lipinski definition) is 1. The molecule has 1 aromatic carbocycles. The van der Waals surface area contributed by atoms with E-state index in [2.05, 4.69) is 35.0 Å². The van der Waals surface area contributed by atoms with Crippen molar-refractivity contribution in [2.45, 2.75) is 13.0 Å². The molecule has 0 saturated carbocycles. The van der Waals surface area contributed by atoms with Gasteiger partial charge in [0.25, 0.3) is 0 Å². The van der Waals surface area contributed by atoms with Gasteiger partial charge in [-0.1, -0.05) is 6.07 Å². The summed E-state index contributed by atoms with van der Waals surface area (Å²) in [5.74, 6) is -0.205. The molecule has 1 unspecified atom stereocenters. The van der Waals surface area contributed by atoms with Gasteiger partial charge >= 0.3 is 0 Å². The van der Waals surface area contributed by atoms with Gasteiger partial charge in [-0.3, -0.25) is 0 Å². The minimum absolute atomic E-state index is 0.150. The molecular weight excluding hydrogens is 345 g/mol. The van der Waals surface area contributed by atoms with Crippen LogP contribution in [0.4, 0.5) is 4.39 Å². The standard InChI is InChI=1S/C14H11BrFNS2/c1-7-10(6-13(15)18-7)14(17)12-4-8-2-3-9(16)5-11(8)19-12/h2-6,14H,17H2,1H3. The van der Waals surface area contributed by atoms with Gasteiger partial charge in [-0.2, -0.15) is 0 Å². The monoisotopic (exact) mass is 355 g/mol. The average Bonchev–Trinajstić information content (AvgIpc) is 2.91. The Bertz CT molecular complexity index is 747. The number of aryl methyl sites for hydroxylation is 1. The van der Waals surface area contributed by atoms with Crippen LogP contribution in [-0.2, 0) is 0 Å². The summed E-state index contributed by atoms with van der Waals surface area (Å²) in [5, 5.41) is 1.05. The van der Waals surface area contributed by atoms with Crippen molar-refractivity contribution in [1.29, 1.82) is 0 Å². The van der Waals surface area contributed by atoms with Gasteiger partial charge in [0.2, 0.25) is 0 Å². The van der Waals surface area contributed by atoms with E-state index in [4.69, 9.17) is 5.73 Å². The molecule has 0 radical (unpaired) electrons. The number of halogens is 2. The Morgan fingerprint density at radius 3 is 2.68 bits per heavy atom. The molecule has 0 bridgehead atoms. The van der Waals surface area contributed by atoms with Crippen molar-refractivity contribution >= 4 is 48.7 Å². The summed E-state index contributed by atoms with van der Waals surface area (Å²) in [4.78, 5) is 2.28. The Morgan fingerprint density at radius 2 is 2.00 bits per heavy atom. The van der Waals surface area contributed by atoms with Gasteiger partial charge in [0.1, 0.15) is 5.82 Å². The van der Waals surface area contributed by atoms with Gasteiger partial charge in [0, 0.05) is 14.5 Å². The molecule has 1 atom stereocenters. The van der Waals surface area contributed by atoms with Gasteiger partial charge in [-0.15, -0.1) is 22.7 Å². The van der Waals surface area contributed by atoms with Crippen LogP contribution < -0.4 is 5.73 Å². The lowest BCUT2D eigenvalue weighted by atomic mass is 10.1. The molecule has 3 rings (SSSR count). The molecule has 0 aliphatic heterocycles. The molecule has 0 spiro atoms. The zero-order valence-electron chi connectivity index (χ0n) is 10.1. The summed E-state index contributed by atoms with van der Waals surface area (Å²) in [5.41, 5.74) is 7.46. The van der Waals surface area contributed by atoms with Gasteiger partial charge in [0.05, 0.1) is 9.83 Å². The SMILES string of the molecule is Cc1sc(Br)cc1C(N)c1cc2ccc(F)cc2s1. The molecule has 0 saturated heterocycles. The summed E-state index contributed by atoms with van der Waals surface area (Å²) < 4.78 is 15.2. The van der Waals surface area contributed by atoms with E-state index in [0.717, 1.165) is 24.3 Å². The maximum Gasteiger partial charge on any atom is 0.124 e. The summed E-state index contributed by atoms with van der Waals surface area (Å²) in [7, 11) is 0. The highest BCUT2D eigenvalue weighted by atomic mass is 79.9. The van der Waals surface area contributed by atoms with Gasteiger partial charge in [-0.25, -0.2) is 4.39 Å². The first-order valence-electron chi connectivity index (χ1n) is 5.75. The lowest BCUT2D eigenvalue weighted by Gasteiger charge is -2.08. The average molecular weight is 356 g/mol. The first-order chi connectivity index (χ1) is 9.04. The second-order valence-corrected chi connectivity index (χ2v) is 8.12. The van der Waals surface area contributed by atoms with Gasteiger partial charge in [0.15, 0.2) is 0 Å². The Morgan fingerprint density at radius 1 is 1.21 bits per heavy atom. The first-order valence-corrected chi connectivity index (χ1v) is 8.17. The molecule has 0 fully saturated rings. The van der Waals surface area contributed by atoms with Gasteiger partial charge in [-0.05, 0) is 58.1 Å². The number of fused-ring (bicyclic) bond motifs is 1. The van der Waals surface area contributed by atoms with Crippen LogP contribution in [0.5, 0.6) is 0 Å². The molecule has 2 N–H and O–H groups in total. The summed E-state index contributed by atoms with van der Waals surface area (Å²) in [6.45, 7) is 2.07. The minimum Gasteiger partial charge on any atom is -0.320 e. The fraction of sp³-hybridized carbons (Fsp3) is 0.143. The third-order valence-electron chi connectivity index (χ3n) is 3.07. The van der Waals surface area contributed by atoms with E-state index in [0.29, 0.717) is 0 Å². The van der Waals surface area contributed by atoms with Crippen LogP contribution in [0, 0.1) is 12.7 Å². The molecule has 98 valence electrons. The fourth-order valence-electron chi connectivity index (χ4n) is 2.10. The van der Waals surface area contributed by atoms with Crippen molar-refractivity contribution in [3.8, 4) is 0 Å².